The SMILES string of the molecule is Cc1ccccc1-c1cc(-c2ccc(N(c3ccc(-c4ccccc4)cc3)c3ccc(-c4ccc(-c5ccccc5)cc4)cc3)cc2-c2ccccc2)ccc1C. The molecule has 0 radical (unpaired) electrons. The molecule has 1 nitrogen and oxygen atoms in total. The van der Waals surface area contributed by atoms with Gasteiger partial charge in [-0.25, -0.2) is 0 Å². The second-order valence-corrected chi connectivity index (χ2v) is 14.7. The van der Waals surface area contributed by atoms with Gasteiger partial charge in [-0.1, -0.05) is 182 Å². The maximum Gasteiger partial charge on any atom is 0.0468 e. The highest BCUT2D eigenvalue weighted by Gasteiger charge is 2.18. The third-order valence-electron chi connectivity index (χ3n) is 11.0. The van der Waals surface area contributed by atoms with E-state index in [4.69, 9.17) is 0 Å². The molecule has 272 valence electrons. The van der Waals surface area contributed by atoms with Gasteiger partial charge in [0.2, 0.25) is 0 Å². The van der Waals surface area contributed by atoms with Gasteiger partial charge in [0, 0.05) is 17.1 Å². The Morgan fingerprint density at radius 3 is 1.12 bits per heavy atom. The van der Waals surface area contributed by atoms with Crippen molar-refractivity contribution in [1.29, 1.82) is 0 Å². The Balaban J connectivity index is 1.15. The Kier molecular flexibility index (Phi) is 9.88. The lowest BCUT2D eigenvalue weighted by Gasteiger charge is -2.27. The highest BCUT2D eigenvalue weighted by Crippen LogP contribution is 2.43. The Bertz CT molecular complexity index is 2750. The van der Waals surface area contributed by atoms with Gasteiger partial charge in [0.05, 0.1) is 0 Å². The quantitative estimate of drug-likeness (QED) is 0.143. The normalized spacial score (nSPS) is 11.0. The van der Waals surface area contributed by atoms with Crippen molar-refractivity contribution >= 4 is 17.1 Å². The van der Waals surface area contributed by atoms with E-state index in [1.165, 1.54) is 77.9 Å². The number of benzene rings is 9. The molecule has 0 spiro atoms. The summed E-state index contributed by atoms with van der Waals surface area (Å²) in [4.78, 5) is 2.38. The molecule has 0 bridgehead atoms. The molecule has 9 aromatic rings. The molecule has 0 heterocycles. The van der Waals surface area contributed by atoms with Gasteiger partial charge in [-0.3, -0.25) is 0 Å². The molecule has 0 N–H and O–H groups in total. The molecule has 9 rings (SSSR count). The molecular weight excluding hydrogens is 687 g/mol. The lowest BCUT2D eigenvalue weighted by molar-refractivity contribution is 1.28. The Morgan fingerprint density at radius 1 is 0.228 bits per heavy atom. The van der Waals surface area contributed by atoms with Crippen LogP contribution in [0.1, 0.15) is 11.1 Å². The van der Waals surface area contributed by atoms with E-state index in [0.717, 1.165) is 17.1 Å². The molecule has 0 fully saturated rings. The summed E-state index contributed by atoms with van der Waals surface area (Å²) in [5.74, 6) is 0. The zero-order valence-corrected chi connectivity index (χ0v) is 32.3. The van der Waals surface area contributed by atoms with Gasteiger partial charge in [-0.15, -0.1) is 0 Å². The molecule has 0 atom stereocenters. The second-order valence-electron chi connectivity index (χ2n) is 14.7. The smallest absolute Gasteiger partial charge is 0.0468 e. The van der Waals surface area contributed by atoms with Crippen LogP contribution in [0.5, 0.6) is 0 Å². The van der Waals surface area contributed by atoms with Crippen LogP contribution in [0, 0.1) is 13.8 Å². The van der Waals surface area contributed by atoms with Crippen LogP contribution in [0.3, 0.4) is 0 Å². The lowest BCUT2D eigenvalue weighted by Crippen LogP contribution is -2.10. The summed E-state index contributed by atoms with van der Waals surface area (Å²) in [7, 11) is 0. The number of nitrogens with zero attached hydrogens (tertiary/aromatic N) is 1. The Labute approximate surface area is 336 Å². The average Bonchev–Trinajstić information content (AvgIpc) is 3.28. The summed E-state index contributed by atoms with van der Waals surface area (Å²) in [5, 5.41) is 0. The highest BCUT2D eigenvalue weighted by atomic mass is 15.1. The minimum Gasteiger partial charge on any atom is -0.310 e. The minimum absolute atomic E-state index is 1.09. The van der Waals surface area contributed by atoms with E-state index in [0.29, 0.717) is 0 Å². The predicted octanol–water partition coefficient (Wildman–Crippen LogP) is 15.8. The molecule has 9 aromatic carbocycles. The summed E-state index contributed by atoms with van der Waals surface area (Å²) in [6.07, 6.45) is 0. The minimum atomic E-state index is 1.09. The van der Waals surface area contributed by atoms with Crippen LogP contribution in [0.4, 0.5) is 17.1 Å². The van der Waals surface area contributed by atoms with Gasteiger partial charge in [0.15, 0.2) is 0 Å². The third-order valence-corrected chi connectivity index (χ3v) is 11.0. The molecule has 0 aliphatic rings. The van der Waals surface area contributed by atoms with Gasteiger partial charge < -0.3 is 4.90 Å². The standard InChI is InChI=1S/C56H43N/c1-40-14-12-13-21-53(40)55-38-49(23-22-41(55)2)54-37-36-52(39-56(54)48-19-10-5-11-20-48)57(50-32-28-46(29-33-50)43-17-8-4-9-18-43)51-34-30-47(31-35-51)45-26-24-44(25-27-45)42-15-6-3-7-16-42/h3-39H,1-2H3. The zero-order chi connectivity index (χ0) is 38.6. The number of hydrogen-bond donors (Lipinski definition) is 0. The lowest BCUT2D eigenvalue weighted by atomic mass is 9.89. The van der Waals surface area contributed by atoms with Gasteiger partial charge in [-0.05, 0) is 134 Å². The van der Waals surface area contributed by atoms with Crippen LogP contribution in [0.15, 0.2) is 224 Å². The van der Waals surface area contributed by atoms with Crippen molar-refractivity contribution in [3.8, 4) is 66.8 Å². The van der Waals surface area contributed by atoms with Gasteiger partial charge in [0.1, 0.15) is 0 Å². The van der Waals surface area contributed by atoms with E-state index in [1.54, 1.807) is 0 Å². The average molecular weight is 730 g/mol. The number of rotatable bonds is 9. The van der Waals surface area contributed by atoms with Crippen LogP contribution in [-0.2, 0) is 0 Å². The monoisotopic (exact) mass is 729 g/mol. The van der Waals surface area contributed by atoms with Crippen molar-refractivity contribution < 1.29 is 0 Å². The molecular formula is C56H43N. The zero-order valence-electron chi connectivity index (χ0n) is 32.3. The van der Waals surface area contributed by atoms with Crippen LogP contribution >= 0.6 is 0 Å². The molecule has 0 aliphatic carbocycles. The van der Waals surface area contributed by atoms with Gasteiger partial charge in [0.25, 0.3) is 0 Å². The first-order valence-electron chi connectivity index (χ1n) is 19.7. The van der Waals surface area contributed by atoms with Crippen molar-refractivity contribution in [3.05, 3.63) is 236 Å². The summed E-state index contributed by atoms with van der Waals surface area (Å²) in [5.41, 5.74) is 20.4. The first-order chi connectivity index (χ1) is 28.1. The van der Waals surface area contributed by atoms with Crippen molar-refractivity contribution in [3.63, 3.8) is 0 Å². The largest absolute Gasteiger partial charge is 0.310 e. The maximum atomic E-state index is 2.38. The topological polar surface area (TPSA) is 3.24 Å². The second kappa shape index (κ2) is 15.9. The molecule has 0 saturated heterocycles. The van der Waals surface area contributed by atoms with Gasteiger partial charge in [-0.2, -0.15) is 0 Å². The van der Waals surface area contributed by atoms with Gasteiger partial charge >= 0.3 is 0 Å². The maximum absolute atomic E-state index is 2.38. The molecule has 57 heavy (non-hydrogen) atoms. The fraction of sp³-hybridized carbons (Fsp3) is 0.0357. The van der Waals surface area contributed by atoms with Crippen LogP contribution in [0.2, 0.25) is 0 Å². The number of hydrogen-bond acceptors (Lipinski definition) is 1. The fourth-order valence-corrected chi connectivity index (χ4v) is 7.90. The molecule has 0 aliphatic heterocycles. The molecule has 0 unspecified atom stereocenters. The van der Waals surface area contributed by atoms with Crippen molar-refractivity contribution in [2.24, 2.45) is 0 Å². The van der Waals surface area contributed by atoms with Crippen molar-refractivity contribution in [1.82, 2.24) is 0 Å². The number of anilines is 3. The van der Waals surface area contributed by atoms with Crippen molar-refractivity contribution in [2.75, 3.05) is 4.90 Å². The summed E-state index contributed by atoms with van der Waals surface area (Å²) < 4.78 is 0. The van der Waals surface area contributed by atoms with E-state index in [-0.39, 0.29) is 0 Å². The number of aryl methyl sites for hydroxylation is 2. The van der Waals surface area contributed by atoms with E-state index >= 15 is 0 Å². The van der Waals surface area contributed by atoms with E-state index in [1.807, 2.05) is 0 Å². The molecule has 0 aromatic heterocycles. The summed E-state index contributed by atoms with van der Waals surface area (Å²) in [6, 6.07) is 81.2. The van der Waals surface area contributed by atoms with Crippen LogP contribution in [0.25, 0.3) is 66.8 Å². The highest BCUT2D eigenvalue weighted by molar-refractivity contribution is 5.91. The fourth-order valence-electron chi connectivity index (χ4n) is 7.90. The van der Waals surface area contributed by atoms with E-state index < -0.39 is 0 Å². The predicted molar refractivity (Wildman–Crippen MR) is 243 cm³/mol. The first kappa shape index (κ1) is 35.5. The molecule has 0 amide bonds. The Morgan fingerprint density at radius 2 is 0.614 bits per heavy atom. The van der Waals surface area contributed by atoms with Crippen LogP contribution in [-0.4, -0.2) is 0 Å². The summed E-state index contributed by atoms with van der Waals surface area (Å²) in [6.45, 7) is 4.40. The van der Waals surface area contributed by atoms with E-state index in [9.17, 15) is 0 Å². The molecule has 0 saturated carbocycles. The summed E-state index contributed by atoms with van der Waals surface area (Å²) >= 11 is 0. The first-order valence-corrected chi connectivity index (χ1v) is 19.7. The Hall–Kier alpha value is -7.22. The molecule has 1 heteroatoms. The van der Waals surface area contributed by atoms with Crippen LogP contribution < -0.4 is 4.90 Å². The van der Waals surface area contributed by atoms with E-state index in [2.05, 4.69) is 243 Å². The van der Waals surface area contributed by atoms with Crippen molar-refractivity contribution in [2.45, 2.75) is 13.8 Å². The third kappa shape index (κ3) is 7.44.